The molecule has 5 rings (SSSR count). The third kappa shape index (κ3) is 4.90. The van der Waals surface area contributed by atoms with E-state index >= 15 is 0 Å². The summed E-state index contributed by atoms with van der Waals surface area (Å²) in [6.45, 7) is 4.21. The van der Waals surface area contributed by atoms with Gasteiger partial charge in [-0.05, 0) is 81.4 Å². The number of benzene rings is 2. The Kier molecular flexibility index (Phi) is 6.73. The summed E-state index contributed by atoms with van der Waals surface area (Å²) in [6.07, 6.45) is 5.21. The van der Waals surface area contributed by atoms with Gasteiger partial charge in [0.05, 0.1) is 11.7 Å². The van der Waals surface area contributed by atoms with Crippen molar-refractivity contribution in [1.82, 2.24) is 24.6 Å². The highest BCUT2D eigenvalue weighted by Crippen LogP contribution is 2.31. The highest BCUT2D eigenvalue weighted by atomic mass is 32.2. The Labute approximate surface area is 201 Å². The number of nitrogens with zero attached hydrogens (tertiary/aromatic N) is 5. The highest BCUT2D eigenvalue weighted by molar-refractivity contribution is 7.98. The van der Waals surface area contributed by atoms with E-state index in [-0.39, 0.29) is 17.7 Å². The lowest BCUT2D eigenvalue weighted by Gasteiger charge is -2.31. The second kappa shape index (κ2) is 10.1. The van der Waals surface area contributed by atoms with Gasteiger partial charge in [-0.3, -0.25) is 9.47 Å². The van der Waals surface area contributed by atoms with Crippen LogP contribution in [0.3, 0.4) is 0 Å². The molecule has 0 bridgehead atoms. The zero-order chi connectivity index (χ0) is 23.5. The Morgan fingerprint density at radius 1 is 0.941 bits per heavy atom. The fraction of sp³-hybridized carbons (Fsp3) is 0.320. The van der Waals surface area contributed by atoms with E-state index in [1.165, 1.54) is 55.3 Å². The summed E-state index contributed by atoms with van der Waals surface area (Å²) in [5, 5.41) is 9.72. The summed E-state index contributed by atoms with van der Waals surface area (Å²) in [6, 6.07) is 12.5. The summed E-state index contributed by atoms with van der Waals surface area (Å²) < 4.78 is 34.4. The lowest BCUT2D eigenvalue weighted by molar-refractivity contribution is 0.167. The molecule has 1 fully saturated rings. The quantitative estimate of drug-likeness (QED) is 0.300. The van der Waals surface area contributed by atoms with E-state index in [4.69, 9.17) is 4.42 Å². The highest BCUT2D eigenvalue weighted by Gasteiger charge is 2.25. The molecular weight excluding hydrogens is 456 g/mol. The standard InChI is InChI=1S/C25H25F2N5OS/c1-17(31-13-3-2-4-14-31)23-29-30-25(32(23)22-11-9-20(27)10-12-22)34-16-21-15-33-24(28-21)18-5-7-19(26)8-6-18/h5-12,15,17H,2-4,13-14,16H2,1H3/t17-/m1/s1. The second-order valence-corrected chi connectivity index (χ2v) is 9.31. The molecule has 3 heterocycles. The molecule has 9 heteroatoms. The first kappa shape index (κ1) is 22.7. The number of rotatable bonds is 7. The number of halogens is 2. The van der Waals surface area contributed by atoms with Gasteiger partial charge < -0.3 is 4.42 Å². The van der Waals surface area contributed by atoms with Crippen LogP contribution in [0, 0.1) is 11.6 Å². The second-order valence-electron chi connectivity index (χ2n) is 8.36. The fourth-order valence-corrected chi connectivity index (χ4v) is 5.02. The summed E-state index contributed by atoms with van der Waals surface area (Å²) >= 11 is 1.49. The van der Waals surface area contributed by atoms with Gasteiger partial charge in [-0.25, -0.2) is 13.8 Å². The molecule has 176 valence electrons. The van der Waals surface area contributed by atoms with E-state index in [1.807, 2.05) is 4.57 Å². The van der Waals surface area contributed by atoms with Gasteiger partial charge in [-0.2, -0.15) is 0 Å². The number of oxazole rings is 1. The molecule has 2 aromatic heterocycles. The zero-order valence-electron chi connectivity index (χ0n) is 18.8. The largest absolute Gasteiger partial charge is 0.444 e. The molecule has 0 amide bonds. The van der Waals surface area contributed by atoms with Crippen molar-refractivity contribution in [2.45, 2.75) is 43.1 Å². The molecule has 0 aliphatic carbocycles. The predicted molar refractivity (Wildman–Crippen MR) is 127 cm³/mol. The van der Waals surface area contributed by atoms with Gasteiger partial charge >= 0.3 is 0 Å². The van der Waals surface area contributed by atoms with Gasteiger partial charge in [-0.15, -0.1) is 10.2 Å². The molecule has 1 atom stereocenters. The maximum atomic E-state index is 13.6. The minimum atomic E-state index is -0.305. The van der Waals surface area contributed by atoms with Crippen molar-refractivity contribution in [2.75, 3.05) is 13.1 Å². The SMILES string of the molecule is C[C@H](c1nnc(SCc2coc(-c3ccc(F)cc3)n2)n1-c1ccc(F)cc1)N1CCCCC1. The number of hydrogen-bond donors (Lipinski definition) is 0. The monoisotopic (exact) mass is 481 g/mol. The summed E-state index contributed by atoms with van der Waals surface area (Å²) in [5.74, 6) is 1.20. The summed E-state index contributed by atoms with van der Waals surface area (Å²) in [7, 11) is 0. The van der Waals surface area contributed by atoms with Gasteiger partial charge in [0, 0.05) is 17.0 Å². The lowest BCUT2D eigenvalue weighted by Crippen LogP contribution is -2.33. The minimum Gasteiger partial charge on any atom is -0.444 e. The van der Waals surface area contributed by atoms with E-state index in [1.54, 1.807) is 30.5 Å². The number of piperidine rings is 1. The molecule has 1 saturated heterocycles. The number of likely N-dealkylation sites (tertiary alicyclic amines) is 1. The number of hydrogen-bond acceptors (Lipinski definition) is 6. The van der Waals surface area contributed by atoms with E-state index in [2.05, 4.69) is 27.0 Å². The molecule has 0 spiro atoms. The Balaban J connectivity index is 1.39. The van der Waals surface area contributed by atoms with Crippen molar-refractivity contribution in [3.63, 3.8) is 0 Å². The van der Waals surface area contributed by atoms with Crippen LogP contribution in [0.15, 0.2) is 64.4 Å². The Morgan fingerprint density at radius 3 is 2.32 bits per heavy atom. The normalized spacial score (nSPS) is 15.5. The summed E-state index contributed by atoms with van der Waals surface area (Å²) in [5.41, 5.74) is 2.27. The molecule has 0 radical (unpaired) electrons. The van der Waals surface area contributed by atoms with Crippen molar-refractivity contribution in [1.29, 1.82) is 0 Å². The van der Waals surface area contributed by atoms with Crippen molar-refractivity contribution < 1.29 is 13.2 Å². The molecular formula is C25H25F2N5OS. The molecule has 34 heavy (non-hydrogen) atoms. The van der Waals surface area contributed by atoms with Crippen LogP contribution in [0.4, 0.5) is 8.78 Å². The van der Waals surface area contributed by atoms with Crippen LogP contribution in [0.1, 0.15) is 43.7 Å². The van der Waals surface area contributed by atoms with Gasteiger partial charge in [-0.1, -0.05) is 18.2 Å². The van der Waals surface area contributed by atoms with Crippen LogP contribution in [0.5, 0.6) is 0 Å². The third-order valence-electron chi connectivity index (χ3n) is 6.05. The minimum absolute atomic E-state index is 0.0873. The molecule has 1 aliphatic rings. The van der Waals surface area contributed by atoms with Gasteiger partial charge in [0.15, 0.2) is 11.0 Å². The molecule has 6 nitrogen and oxygen atoms in total. The first-order chi connectivity index (χ1) is 16.6. The number of aromatic nitrogens is 4. The van der Waals surface area contributed by atoms with E-state index < -0.39 is 0 Å². The van der Waals surface area contributed by atoms with Crippen LogP contribution in [0.2, 0.25) is 0 Å². The van der Waals surface area contributed by atoms with Crippen molar-refractivity contribution in [2.24, 2.45) is 0 Å². The predicted octanol–water partition coefficient (Wildman–Crippen LogP) is 6.04. The molecule has 1 aliphatic heterocycles. The van der Waals surface area contributed by atoms with Crippen LogP contribution >= 0.6 is 11.8 Å². The smallest absolute Gasteiger partial charge is 0.226 e. The van der Waals surface area contributed by atoms with Gasteiger partial charge in [0.2, 0.25) is 5.89 Å². The topological polar surface area (TPSA) is 60.0 Å². The molecule has 2 aromatic carbocycles. The molecule has 4 aromatic rings. The van der Waals surface area contributed by atoms with Gasteiger partial charge in [0.25, 0.3) is 0 Å². The zero-order valence-corrected chi connectivity index (χ0v) is 19.6. The van der Waals surface area contributed by atoms with Crippen molar-refractivity contribution >= 4 is 11.8 Å². The van der Waals surface area contributed by atoms with Crippen LogP contribution in [-0.4, -0.2) is 37.7 Å². The Bertz CT molecular complexity index is 1230. The van der Waals surface area contributed by atoms with Crippen LogP contribution < -0.4 is 0 Å². The van der Waals surface area contributed by atoms with Crippen molar-refractivity contribution in [3.05, 3.63) is 77.9 Å². The van der Waals surface area contributed by atoms with E-state index in [0.29, 0.717) is 22.4 Å². The maximum absolute atomic E-state index is 13.6. The van der Waals surface area contributed by atoms with E-state index in [9.17, 15) is 8.78 Å². The van der Waals surface area contributed by atoms with Crippen molar-refractivity contribution in [3.8, 4) is 17.1 Å². The molecule has 0 unspecified atom stereocenters. The van der Waals surface area contributed by atoms with Crippen LogP contribution in [0.25, 0.3) is 17.1 Å². The average molecular weight is 482 g/mol. The first-order valence-electron chi connectivity index (χ1n) is 11.4. The lowest BCUT2D eigenvalue weighted by atomic mass is 10.1. The Hall–Kier alpha value is -3.04. The molecule has 0 saturated carbocycles. The average Bonchev–Trinajstić information content (AvgIpc) is 3.51. The first-order valence-corrected chi connectivity index (χ1v) is 12.4. The van der Waals surface area contributed by atoms with Gasteiger partial charge in [0.1, 0.15) is 17.9 Å². The number of thioether (sulfide) groups is 1. The fourth-order valence-electron chi connectivity index (χ4n) is 4.18. The molecule has 0 N–H and O–H groups in total. The van der Waals surface area contributed by atoms with Crippen LogP contribution in [-0.2, 0) is 5.75 Å². The Morgan fingerprint density at radius 2 is 1.62 bits per heavy atom. The maximum Gasteiger partial charge on any atom is 0.226 e. The van der Waals surface area contributed by atoms with E-state index in [0.717, 1.165) is 30.3 Å². The summed E-state index contributed by atoms with van der Waals surface area (Å²) in [4.78, 5) is 6.95. The third-order valence-corrected chi connectivity index (χ3v) is 7.01.